The van der Waals surface area contributed by atoms with Gasteiger partial charge in [0.2, 0.25) is 0 Å². The molecule has 2 aromatic carbocycles. The van der Waals surface area contributed by atoms with E-state index in [4.69, 9.17) is 58.6 Å². The van der Waals surface area contributed by atoms with Crippen LogP contribution in [0.4, 0.5) is 0 Å². The molecule has 2 aliphatic rings. The SMILES string of the molecule is S=C1N=C2/C(=C\c3ccc(Cl)cc3Cl)CCC[C@@H]2[C@H](c2ccc(Cl)cc2Cl)N1. The molecule has 28 heavy (non-hydrogen) atoms. The summed E-state index contributed by atoms with van der Waals surface area (Å²) in [6.45, 7) is 0. The second kappa shape index (κ2) is 8.33. The average Bonchev–Trinajstić information content (AvgIpc) is 2.64. The van der Waals surface area contributed by atoms with E-state index < -0.39 is 0 Å². The molecular weight excluding hydrogens is 454 g/mol. The normalized spacial score (nSPS) is 23.2. The van der Waals surface area contributed by atoms with Crippen LogP contribution in [0.25, 0.3) is 6.08 Å². The molecule has 2 nitrogen and oxygen atoms in total. The van der Waals surface area contributed by atoms with Crippen LogP contribution in [-0.4, -0.2) is 10.8 Å². The Bertz CT molecular complexity index is 1020. The first-order valence-corrected chi connectivity index (χ1v) is 10.8. The molecule has 1 saturated carbocycles. The molecule has 0 radical (unpaired) electrons. The lowest BCUT2D eigenvalue weighted by molar-refractivity contribution is 0.441. The zero-order chi connectivity index (χ0) is 19.8. The summed E-state index contributed by atoms with van der Waals surface area (Å²) in [6, 6.07) is 11.1. The molecule has 144 valence electrons. The zero-order valence-corrected chi connectivity index (χ0v) is 18.5. The molecule has 1 heterocycles. The van der Waals surface area contributed by atoms with Crippen molar-refractivity contribution in [1.82, 2.24) is 5.32 Å². The van der Waals surface area contributed by atoms with E-state index in [0.717, 1.165) is 41.7 Å². The van der Waals surface area contributed by atoms with Crippen molar-refractivity contribution in [3.8, 4) is 0 Å². The first-order chi connectivity index (χ1) is 13.4. The molecule has 0 amide bonds. The van der Waals surface area contributed by atoms with Crippen LogP contribution < -0.4 is 5.32 Å². The van der Waals surface area contributed by atoms with E-state index in [-0.39, 0.29) is 12.0 Å². The standard InChI is InChI=1S/C21H16Cl4N2S/c22-13-5-4-11(17(24)9-13)8-12-2-1-3-16-19(12)26-21(28)27-20(16)15-7-6-14(23)10-18(15)25/h4-10,16,20H,1-3H2,(H,27,28)/b12-8-/t16-,20-/m0/s1. The van der Waals surface area contributed by atoms with E-state index >= 15 is 0 Å². The Morgan fingerprint density at radius 1 is 1.00 bits per heavy atom. The van der Waals surface area contributed by atoms with Gasteiger partial charge in [0, 0.05) is 26.0 Å². The molecule has 7 heteroatoms. The van der Waals surface area contributed by atoms with Crippen LogP contribution >= 0.6 is 58.6 Å². The minimum Gasteiger partial charge on any atom is -0.353 e. The van der Waals surface area contributed by atoms with E-state index in [9.17, 15) is 0 Å². The quantitative estimate of drug-likeness (QED) is 0.459. The summed E-state index contributed by atoms with van der Waals surface area (Å²) in [5, 5.41) is 6.29. The van der Waals surface area contributed by atoms with Gasteiger partial charge in [-0.25, -0.2) is 4.99 Å². The third-order valence-electron chi connectivity index (χ3n) is 5.13. The summed E-state index contributed by atoms with van der Waals surface area (Å²) in [7, 11) is 0. The van der Waals surface area contributed by atoms with Gasteiger partial charge in [0.1, 0.15) is 0 Å². The number of hydrogen-bond acceptors (Lipinski definition) is 1. The number of nitrogens with one attached hydrogen (secondary N) is 1. The minimum absolute atomic E-state index is 0.0332. The Morgan fingerprint density at radius 2 is 1.71 bits per heavy atom. The Labute approximate surface area is 189 Å². The van der Waals surface area contributed by atoms with Crippen molar-refractivity contribution in [2.75, 3.05) is 0 Å². The second-order valence-electron chi connectivity index (χ2n) is 6.92. The highest BCUT2D eigenvalue weighted by molar-refractivity contribution is 7.80. The number of thiocarbonyl (C=S) groups is 1. The predicted molar refractivity (Wildman–Crippen MR) is 124 cm³/mol. The molecular formula is C21H16Cl4N2S. The van der Waals surface area contributed by atoms with E-state index in [2.05, 4.69) is 16.4 Å². The van der Waals surface area contributed by atoms with E-state index in [1.165, 1.54) is 0 Å². The fourth-order valence-electron chi connectivity index (χ4n) is 3.87. The number of rotatable bonds is 2. The van der Waals surface area contributed by atoms with Crippen LogP contribution in [0.15, 0.2) is 47.0 Å². The van der Waals surface area contributed by atoms with Crippen molar-refractivity contribution >= 4 is 75.5 Å². The predicted octanol–water partition coefficient (Wildman–Crippen LogP) is 7.55. The van der Waals surface area contributed by atoms with Crippen molar-refractivity contribution in [2.24, 2.45) is 10.9 Å². The fourth-order valence-corrected chi connectivity index (χ4v) is 5.08. The lowest BCUT2D eigenvalue weighted by Gasteiger charge is -2.38. The summed E-state index contributed by atoms with van der Waals surface area (Å²) in [6.07, 6.45) is 5.08. The van der Waals surface area contributed by atoms with Crippen LogP contribution in [-0.2, 0) is 0 Å². The monoisotopic (exact) mass is 468 g/mol. The van der Waals surface area contributed by atoms with Crippen molar-refractivity contribution in [1.29, 1.82) is 0 Å². The smallest absolute Gasteiger partial charge is 0.193 e. The van der Waals surface area contributed by atoms with Crippen molar-refractivity contribution in [2.45, 2.75) is 25.3 Å². The van der Waals surface area contributed by atoms with Gasteiger partial charge in [-0.2, -0.15) is 0 Å². The Kier molecular flexibility index (Phi) is 6.01. The number of halogens is 4. The van der Waals surface area contributed by atoms with Gasteiger partial charge in [0.05, 0.1) is 11.8 Å². The van der Waals surface area contributed by atoms with Crippen LogP contribution in [0, 0.1) is 5.92 Å². The second-order valence-corrected chi connectivity index (χ2v) is 9.00. The van der Waals surface area contributed by atoms with Crippen molar-refractivity contribution < 1.29 is 0 Å². The fraction of sp³-hybridized carbons (Fsp3) is 0.238. The summed E-state index contributed by atoms with van der Waals surface area (Å²) >= 11 is 30.4. The highest BCUT2D eigenvalue weighted by Crippen LogP contribution is 2.41. The Balaban J connectivity index is 1.74. The number of fused-ring (bicyclic) bond motifs is 1. The van der Waals surface area contributed by atoms with E-state index in [1.54, 1.807) is 12.1 Å². The summed E-state index contributed by atoms with van der Waals surface area (Å²) < 4.78 is 0. The number of hydrogen-bond donors (Lipinski definition) is 1. The number of nitrogens with zero attached hydrogens (tertiary/aromatic N) is 1. The molecule has 1 fully saturated rings. The molecule has 1 N–H and O–H groups in total. The lowest BCUT2D eigenvalue weighted by atomic mass is 9.76. The summed E-state index contributed by atoms with van der Waals surface area (Å²) in [5.41, 5.74) is 4.07. The maximum absolute atomic E-state index is 6.49. The topological polar surface area (TPSA) is 24.4 Å². The van der Waals surface area contributed by atoms with Gasteiger partial charge in [0.25, 0.3) is 0 Å². The van der Waals surface area contributed by atoms with E-state index in [0.29, 0.717) is 25.2 Å². The Hall–Kier alpha value is -1.10. The minimum atomic E-state index is -0.0332. The van der Waals surface area contributed by atoms with E-state index in [1.807, 2.05) is 24.3 Å². The number of aliphatic imine (C=N–C) groups is 1. The van der Waals surface area contributed by atoms with Crippen LogP contribution in [0.5, 0.6) is 0 Å². The van der Waals surface area contributed by atoms with Gasteiger partial charge in [-0.1, -0.05) is 58.5 Å². The average molecular weight is 470 g/mol. The largest absolute Gasteiger partial charge is 0.353 e. The van der Waals surface area contributed by atoms with Gasteiger partial charge in [-0.3, -0.25) is 0 Å². The van der Waals surface area contributed by atoms with Crippen molar-refractivity contribution in [3.05, 3.63) is 73.2 Å². The Morgan fingerprint density at radius 3 is 2.43 bits per heavy atom. The molecule has 0 spiro atoms. The third kappa shape index (κ3) is 4.10. The summed E-state index contributed by atoms with van der Waals surface area (Å²) in [5.74, 6) is 0.177. The zero-order valence-electron chi connectivity index (χ0n) is 14.7. The molecule has 0 aromatic heterocycles. The van der Waals surface area contributed by atoms with Gasteiger partial charge in [-0.05, 0) is 78.5 Å². The van der Waals surface area contributed by atoms with Gasteiger partial charge in [-0.15, -0.1) is 0 Å². The van der Waals surface area contributed by atoms with Crippen molar-refractivity contribution in [3.63, 3.8) is 0 Å². The maximum Gasteiger partial charge on any atom is 0.193 e. The van der Waals surface area contributed by atoms with Gasteiger partial charge < -0.3 is 5.32 Å². The highest BCUT2D eigenvalue weighted by atomic mass is 35.5. The first kappa shape index (κ1) is 20.2. The third-order valence-corrected chi connectivity index (χ3v) is 6.47. The maximum atomic E-state index is 6.49. The molecule has 4 rings (SSSR count). The highest BCUT2D eigenvalue weighted by Gasteiger charge is 2.36. The van der Waals surface area contributed by atoms with Gasteiger partial charge >= 0.3 is 0 Å². The molecule has 0 saturated heterocycles. The van der Waals surface area contributed by atoms with Crippen LogP contribution in [0.1, 0.15) is 36.4 Å². The van der Waals surface area contributed by atoms with Crippen LogP contribution in [0.3, 0.4) is 0 Å². The first-order valence-electron chi connectivity index (χ1n) is 8.92. The number of allylic oxidation sites excluding steroid dienone is 1. The molecule has 2 aromatic rings. The molecule has 0 bridgehead atoms. The molecule has 0 unspecified atom stereocenters. The molecule has 1 aliphatic carbocycles. The lowest BCUT2D eigenvalue weighted by Crippen LogP contribution is -2.43. The molecule has 2 atom stereocenters. The molecule has 1 aliphatic heterocycles. The van der Waals surface area contributed by atoms with Crippen LogP contribution in [0.2, 0.25) is 20.1 Å². The summed E-state index contributed by atoms with van der Waals surface area (Å²) in [4.78, 5) is 4.68. The number of benzene rings is 2. The van der Waals surface area contributed by atoms with Gasteiger partial charge in [0.15, 0.2) is 5.11 Å².